The van der Waals surface area contributed by atoms with Crippen LogP contribution in [0.3, 0.4) is 0 Å². The van der Waals surface area contributed by atoms with E-state index in [2.05, 4.69) is 36.2 Å². The van der Waals surface area contributed by atoms with E-state index in [-0.39, 0.29) is 5.91 Å². The lowest BCUT2D eigenvalue weighted by Gasteiger charge is -2.39. The Hall–Kier alpha value is -1.39. The second-order valence-corrected chi connectivity index (χ2v) is 8.30. The molecule has 2 unspecified atom stereocenters. The fourth-order valence-electron chi connectivity index (χ4n) is 3.97. The van der Waals surface area contributed by atoms with Gasteiger partial charge >= 0.3 is 0 Å². The molecule has 1 amide bonds. The van der Waals surface area contributed by atoms with Crippen LogP contribution in [-0.4, -0.2) is 16.0 Å². The van der Waals surface area contributed by atoms with Gasteiger partial charge in [-0.3, -0.25) is 4.79 Å². The van der Waals surface area contributed by atoms with E-state index in [0.29, 0.717) is 35.4 Å². The molecule has 1 aromatic heterocycles. The third-order valence-electron chi connectivity index (χ3n) is 4.47. The Morgan fingerprint density at radius 2 is 2.09 bits per heavy atom. The minimum atomic E-state index is -0.631. The van der Waals surface area contributed by atoms with Crippen LogP contribution in [0.4, 0.5) is 0 Å². The van der Waals surface area contributed by atoms with E-state index in [1.807, 2.05) is 13.8 Å². The van der Waals surface area contributed by atoms with Crippen molar-refractivity contribution in [2.75, 3.05) is 0 Å². The summed E-state index contributed by atoms with van der Waals surface area (Å²) < 4.78 is 5.19. The normalized spacial score (nSPS) is 25.0. The number of amides is 1. The molecule has 124 valence electrons. The molecule has 1 aliphatic carbocycles. The molecule has 0 aliphatic heterocycles. The second-order valence-electron chi connectivity index (χ2n) is 8.30. The highest BCUT2D eigenvalue weighted by molar-refractivity contribution is 5.77. The van der Waals surface area contributed by atoms with E-state index >= 15 is 0 Å². The van der Waals surface area contributed by atoms with Crippen LogP contribution >= 0.6 is 0 Å². The zero-order chi connectivity index (χ0) is 16.5. The number of nitrogens with one attached hydrogen (secondary N) is 1. The lowest BCUT2D eigenvalue weighted by molar-refractivity contribution is -0.124. The first-order chi connectivity index (χ1) is 10.1. The van der Waals surface area contributed by atoms with Gasteiger partial charge in [0, 0.05) is 6.42 Å². The van der Waals surface area contributed by atoms with Crippen LogP contribution in [0.25, 0.3) is 0 Å². The number of hydrogen-bond donors (Lipinski definition) is 1. The molecule has 5 heteroatoms. The molecule has 0 radical (unpaired) electrons. The molecule has 1 saturated carbocycles. The Kier molecular flexibility index (Phi) is 4.64. The number of carbonyl (C=O) groups is 1. The lowest BCUT2D eigenvalue weighted by atomic mass is 9.67. The third kappa shape index (κ3) is 4.31. The van der Waals surface area contributed by atoms with Gasteiger partial charge in [0.05, 0.1) is 0 Å². The Morgan fingerprint density at radius 1 is 1.41 bits per heavy atom. The fourth-order valence-corrected chi connectivity index (χ4v) is 3.97. The number of rotatable bonds is 4. The molecule has 0 saturated heterocycles. The fraction of sp³-hybridized carbons (Fsp3) is 0.824. The molecule has 1 N–H and O–H groups in total. The van der Waals surface area contributed by atoms with E-state index < -0.39 is 5.54 Å². The van der Waals surface area contributed by atoms with Crippen LogP contribution in [0.15, 0.2) is 4.52 Å². The summed E-state index contributed by atoms with van der Waals surface area (Å²) in [6.07, 6.45) is 4.07. The first-order valence-electron chi connectivity index (χ1n) is 8.19. The van der Waals surface area contributed by atoms with Gasteiger partial charge in [-0.15, -0.1) is 0 Å². The van der Waals surface area contributed by atoms with Crippen molar-refractivity contribution in [2.24, 2.45) is 17.3 Å². The van der Waals surface area contributed by atoms with E-state index in [1.54, 1.807) is 6.92 Å². The number of aromatic nitrogens is 2. The first-order valence-corrected chi connectivity index (χ1v) is 8.19. The largest absolute Gasteiger partial charge is 0.342 e. The Bertz CT molecular complexity index is 534. The average Bonchev–Trinajstić information content (AvgIpc) is 2.72. The van der Waals surface area contributed by atoms with E-state index in [4.69, 9.17) is 4.52 Å². The SMILES string of the molecule is Cc1noc(C(C)(C)NC(=O)CC2CC(C)CC(C)(C)C2)n1. The van der Waals surface area contributed by atoms with Crippen LogP contribution in [0.2, 0.25) is 0 Å². The maximum absolute atomic E-state index is 12.4. The minimum Gasteiger partial charge on any atom is -0.342 e. The van der Waals surface area contributed by atoms with Gasteiger partial charge in [-0.05, 0) is 57.3 Å². The van der Waals surface area contributed by atoms with E-state index in [1.165, 1.54) is 6.42 Å². The predicted octanol–water partition coefficient (Wildman–Crippen LogP) is 3.58. The molecule has 2 atom stereocenters. The Balaban J connectivity index is 1.95. The summed E-state index contributed by atoms with van der Waals surface area (Å²) in [4.78, 5) is 16.6. The molecule has 1 aromatic rings. The molecule has 1 aliphatic rings. The quantitative estimate of drug-likeness (QED) is 0.923. The van der Waals surface area contributed by atoms with Gasteiger partial charge in [-0.1, -0.05) is 25.9 Å². The Labute approximate surface area is 133 Å². The molecule has 1 heterocycles. The second kappa shape index (κ2) is 6.01. The van der Waals surface area contributed by atoms with Gasteiger partial charge in [0.15, 0.2) is 5.82 Å². The maximum Gasteiger partial charge on any atom is 0.251 e. The van der Waals surface area contributed by atoms with Crippen molar-refractivity contribution in [3.8, 4) is 0 Å². The Morgan fingerprint density at radius 3 is 2.64 bits per heavy atom. The molecule has 22 heavy (non-hydrogen) atoms. The highest BCUT2D eigenvalue weighted by atomic mass is 16.5. The molecule has 5 nitrogen and oxygen atoms in total. The predicted molar refractivity (Wildman–Crippen MR) is 85.1 cm³/mol. The topological polar surface area (TPSA) is 68.0 Å². The number of aryl methyl sites for hydroxylation is 1. The highest BCUT2D eigenvalue weighted by Crippen LogP contribution is 2.42. The first kappa shape index (κ1) is 17.0. The van der Waals surface area contributed by atoms with Crippen molar-refractivity contribution in [3.63, 3.8) is 0 Å². The van der Waals surface area contributed by atoms with Gasteiger partial charge in [0.25, 0.3) is 5.89 Å². The van der Waals surface area contributed by atoms with Crippen LogP contribution in [0.1, 0.15) is 72.0 Å². The zero-order valence-electron chi connectivity index (χ0n) is 14.7. The summed E-state index contributed by atoms with van der Waals surface area (Å²) in [7, 11) is 0. The molecule has 0 bridgehead atoms. The van der Waals surface area contributed by atoms with E-state index in [9.17, 15) is 4.79 Å². The molecule has 0 spiro atoms. The van der Waals surface area contributed by atoms with Crippen molar-refractivity contribution in [1.82, 2.24) is 15.5 Å². The summed E-state index contributed by atoms with van der Waals surface area (Å²) in [6.45, 7) is 12.5. The summed E-state index contributed by atoms with van der Waals surface area (Å²) in [5.74, 6) is 2.25. The van der Waals surface area contributed by atoms with Crippen molar-refractivity contribution in [3.05, 3.63) is 11.7 Å². The van der Waals surface area contributed by atoms with Crippen molar-refractivity contribution in [1.29, 1.82) is 0 Å². The smallest absolute Gasteiger partial charge is 0.251 e. The van der Waals surface area contributed by atoms with Gasteiger partial charge in [-0.2, -0.15) is 4.98 Å². The van der Waals surface area contributed by atoms with Gasteiger partial charge < -0.3 is 9.84 Å². The lowest BCUT2D eigenvalue weighted by Crippen LogP contribution is -2.42. The molecular weight excluding hydrogens is 278 g/mol. The number of carbonyl (C=O) groups excluding carboxylic acids is 1. The molecule has 0 aromatic carbocycles. The minimum absolute atomic E-state index is 0.0655. The van der Waals surface area contributed by atoms with Crippen LogP contribution < -0.4 is 5.32 Å². The molecule has 2 rings (SSSR count). The van der Waals surface area contributed by atoms with Crippen LogP contribution in [-0.2, 0) is 10.3 Å². The zero-order valence-corrected chi connectivity index (χ0v) is 14.7. The van der Waals surface area contributed by atoms with Crippen LogP contribution in [0.5, 0.6) is 0 Å². The third-order valence-corrected chi connectivity index (χ3v) is 4.47. The summed E-state index contributed by atoms with van der Waals surface area (Å²) in [5.41, 5.74) is -0.296. The monoisotopic (exact) mass is 307 g/mol. The van der Waals surface area contributed by atoms with Gasteiger partial charge in [0.1, 0.15) is 5.54 Å². The van der Waals surface area contributed by atoms with Crippen molar-refractivity contribution >= 4 is 5.91 Å². The summed E-state index contributed by atoms with van der Waals surface area (Å²) in [6, 6.07) is 0. The number of hydrogen-bond acceptors (Lipinski definition) is 4. The standard InChI is InChI=1S/C17H29N3O2/c1-11-7-13(10-16(3,4)9-11)8-14(21)19-17(5,6)15-18-12(2)20-22-15/h11,13H,7-10H2,1-6H3,(H,19,21). The van der Waals surface area contributed by atoms with Crippen molar-refractivity contribution in [2.45, 2.75) is 72.8 Å². The number of nitrogens with zero attached hydrogens (tertiary/aromatic N) is 2. The van der Waals surface area contributed by atoms with E-state index in [0.717, 1.165) is 12.8 Å². The maximum atomic E-state index is 12.4. The van der Waals surface area contributed by atoms with Crippen LogP contribution in [0, 0.1) is 24.2 Å². The van der Waals surface area contributed by atoms with Gasteiger partial charge in [-0.25, -0.2) is 0 Å². The van der Waals surface area contributed by atoms with Crippen molar-refractivity contribution < 1.29 is 9.32 Å². The molecular formula is C17H29N3O2. The van der Waals surface area contributed by atoms with Gasteiger partial charge in [0.2, 0.25) is 5.91 Å². The molecule has 1 fully saturated rings. The summed E-state index contributed by atoms with van der Waals surface area (Å²) >= 11 is 0. The summed E-state index contributed by atoms with van der Waals surface area (Å²) in [5, 5.41) is 6.84. The average molecular weight is 307 g/mol. The highest BCUT2D eigenvalue weighted by Gasteiger charge is 2.35.